The van der Waals surface area contributed by atoms with Gasteiger partial charge in [-0.3, -0.25) is 4.79 Å². The molecule has 7 nitrogen and oxygen atoms in total. The highest BCUT2D eigenvalue weighted by Crippen LogP contribution is 2.35. The lowest BCUT2D eigenvalue weighted by molar-refractivity contribution is -0.141. The van der Waals surface area contributed by atoms with Crippen molar-refractivity contribution in [1.82, 2.24) is 15.4 Å². The molecule has 1 N–H and O–H groups in total. The Morgan fingerprint density at radius 1 is 1.45 bits per heavy atom. The molecule has 1 aliphatic rings. The molecule has 2 amide bonds. The number of rotatable bonds is 5. The van der Waals surface area contributed by atoms with Gasteiger partial charge in [0, 0.05) is 18.5 Å². The molecule has 1 aromatic heterocycles. The number of urea groups is 1. The van der Waals surface area contributed by atoms with Crippen molar-refractivity contribution >= 4 is 12.0 Å². The minimum Gasteiger partial charge on any atom is -0.465 e. The molecule has 0 unspecified atom stereocenters. The predicted octanol–water partition coefficient (Wildman–Crippen LogP) is 1.96. The molecule has 22 heavy (non-hydrogen) atoms. The monoisotopic (exact) mass is 309 g/mol. The molecule has 2 heterocycles. The Morgan fingerprint density at radius 3 is 2.91 bits per heavy atom. The second kappa shape index (κ2) is 7.29. The Balaban J connectivity index is 2.05. The molecule has 0 radical (unpaired) electrons. The fourth-order valence-corrected chi connectivity index (χ4v) is 2.88. The molecule has 1 aromatic rings. The van der Waals surface area contributed by atoms with Crippen molar-refractivity contribution in [1.29, 1.82) is 0 Å². The first-order chi connectivity index (χ1) is 10.6. The zero-order chi connectivity index (χ0) is 16.1. The van der Waals surface area contributed by atoms with Gasteiger partial charge < -0.3 is 19.5 Å². The second-order valence-corrected chi connectivity index (χ2v) is 5.27. The molecule has 0 bridgehead atoms. The smallest absolute Gasteiger partial charge is 0.325 e. The molecule has 1 atom stereocenters. The maximum absolute atomic E-state index is 12.3. The van der Waals surface area contributed by atoms with Gasteiger partial charge in [0.1, 0.15) is 12.3 Å². The van der Waals surface area contributed by atoms with E-state index in [0.29, 0.717) is 13.2 Å². The molecule has 122 valence electrons. The van der Waals surface area contributed by atoms with Crippen molar-refractivity contribution in [3.8, 4) is 0 Å². The summed E-state index contributed by atoms with van der Waals surface area (Å²) in [5.74, 6) is 0.398. The number of hydrogen-bond donors (Lipinski definition) is 1. The van der Waals surface area contributed by atoms with Crippen LogP contribution < -0.4 is 5.32 Å². The summed E-state index contributed by atoms with van der Waals surface area (Å²) >= 11 is 0. The molecular formula is C15H23N3O4. The van der Waals surface area contributed by atoms with E-state index in [1.54, 1.807) is 11.8 Å². The molecule has 1 fully saturated rings. The van der Waals surface area contributed by atoms with Crippen LogP contribution in [0.15, 0.2) is 4.52 Å². The maximum Gasteiger partial charge on any atom is 0.325 e. The fourth-order valence-electron chi connectivity index (χ4n) is 2.88. The van der Waals surface area contributed by atoms with Gasteiger partial charge in [0.05, 0.1) is 18.3 Å². The molecular weight excluding hydrogens is 286 g/mol. The molecule has 1 aliphatic heterocycles. The lowest BCUT2D eigenvalue weighted by Crippen LogP contribution is -2.42. The minimum atomic E-state index is -0.429. The van der Waals surface area contributed by atoms with Crippen molar-refractivity contribution in [2.24, 2.45) is 0 Å². The SMILES string of the molecule is CCOC(=O)CNC(=O)N1CCC[C@H]1c1c(C)noc1CC. The van der Waals surface area contributed by atoms with E-state index in [2.05, 4.69) is 10.5 Å². The van der Waals surface area contributed by atoms with Crippen molar-refractivity contribution in [2.45, 2.75) is 46.1 Å². The number of aryl methyl sites for hydroxylation is 2. The summed E-state index contributed by atoms with van der Waals surface area (Å²) in [6, 6.07) is -0.290. The molecule has 2 rings (SSSR count). The van der Waals surface area contributed by atoms with E-state index >= 15 is 0 Å². The van der Waals surface area contributed by atoms with E-state index in [-0.39, 0.29) is 18.6 Å². The number of nitrogens with one attached hydrogen (secondary N) is 1. The number of nitrogens with zero attached hydrogens (tertiary/aromatic N) is 2. The Kier molecular flexibility index (Phi) is 5.41. The Hall–Kier alpha value is -2.05. The van der Waals surface area contributed by atoms with Crippen LogP contribution >= 0.6 is 0 Å². The Morgan fingerprint density at radius 2 is 2.23 bits per heavy atom. The van der Waals surface area contributed by atoms with E-state index < -0.39 is 5.97 Å². The first-order valence-corrected chi connectivity index (χ1v) is 7.73. The van der Waals surface area contributed by atoms with E-state index in [0.717, 1.165) is 36.3 Å². The summed E-state index contributed by atoms with van der Waals surface area (Å²) < 4.78 is 10.1. The van der Waals surface area contributed by atoms with Gasteiger partial charge in [0.15, 0.2) is 0 Å². The van der Waals surface area contributed by atoms with Crippen LogP contribution in [-0.4, -0.2) is 41.8 Å². The van der Waals surface area contributed by atoms with Gasteiger partial charge in [0.25, 0.3) is 0 Å². The van der Waals surface area contributed by atoms with E-state index in [1.165, 1.54) is 0 Å². The van der Waals surface area contributed by atoms with Crippen LogP contribution in [0.4, 0.5) is 4.79 Å². The summed E-state index contributed by atoms with van der Waals surface area (Å²) in [6.07, 6.45) is 2.54. The number of esters is 1. The number of ether oxygens (including phenoxy) is 1. The predicted molar refractivity (Wildman–Crippen MR) is 79.3 cm³/mol. The topological polar surface area (TPSA) is 84.7 Å². The van der Waals surface area contributed by atoms with Crippen LogP contribution in [0.5, 0.6) is 0 Å². The highest BCUT2D eigenvalue weighted by atomic mass is 16.5. The average molecular weight is 309 g/mol. The number of carbonyl (C=O) groups is 2. The quantitative estimate of drug-likeness (QED) is 0.840. The van der Waals surface area contributed by atoms with Crippen molar-refractivity contribution < 1.29 is 18.8 Å². The van der Waals surface area contributed by atoms with E-state index in [4.69, 9.17) is 9.26 Å². The summed E-state index contributed by atoms with van der Waals surface area (Å²) in [4.78, 5) is 25.4. The molecule has 0 spiro atoms. The van der Waals surface area contributed by atoms with Crippen molar-refractivity contribution in [3.63, 3.8) is 0 Å². The van der Waals surface area contributed by atoms with Gasteiger partial charge in [0.2, 0.25) is 0 Å². The molecule has 0 aromatic carbocycles. The summed E-state index contributed by atoms with van der Waals surface area (Å²) in [5.41, 5.74) is 1.83. The van der Waals surface area contributed by atoms with Crippen molar-refractivity contribution in [2.75, 3.05) is 19.7 Å². The highest BCUT2D eigenvalue weighted by Gasteiger charge is 2.34. The maximum atomic E-state index is 12.3. The van der Waals surface area contributed by atoms with Crippen molar-refractivity contribution in [3.05, 3.63) is 17.0 Å². The zero-order valence-electron chi connectivity index (χ0n) is 13.3. The fraction of sp³-hybridized carbons (Fsp3) is 0.667. The van der Waals surface area contributed by atoms with Crippen LogP contribution in [0, 0.1) is 6.92 Å². The summed E-state index contributed by atoms with van der Waals surface area (Å²) in [6.45, 7) is 6.48. The minimum absolute atomic E-state index is 0.0385. The van der Waals surface area contributed by atoms with Crippen LogP contribution in [0.3, 0.4) is 0 Å². The Bertz CT molecular complexity index is 541. The van der Waals surface area contributed by atoms with Crippen LogP contribution in [0.25, 0.3) is 0 Å². The van der Waals surface area contributed by atoms with Gasteiger partial charge in [-0.2, -0.15) is 0 Å². The largest absolute Gasteiger partial charge is 0.465 e. The third-order valence-electron chi connectivity index (χ3n) is 3.84. The normalized spacial score (nSPS) is 17.6. The van der Waals surface area contributed by atoms with Gasteiger partial charge in [-0.15, -0.1) is 0 Å². The summed E-state index contributed by atoms with van der Waals surface area (Å²) in [5, 5.41) is 6.64. The number of amides is 2. The van der Waals surface area contributed by atoms with Crippen LogP contribution in [0.1, 0.15) is 49.7 Å². The number of aromatic nitrogens is 1. The van der Waals surface area contributed by atoms with Gasteiger partial charge >= 0.3 is 12.0 Å². The third-order valence-corrected chi connectivity index (χ3v) is 3.84. The second-order valence-electron chi connectivity index (χ2n) is 5.27. The lowest BCUT2D eigenvalue weighted by Gasteiger charge is -2.25. The summed E-state index contributed by atoms with van der Waals surface area (Å²) in [7, 11) is 0. The number of hydrogen-bond acceptors (Lipinski definition) is 5. The third kappa shape index (κ3) is 3.40. The number of carbonyl (C=O) groups excluding carboxylic acids is 2. The van der Waals surface area contributed by atoms with E-state index in [1.807, 2.05) is 13.8 Å². The average Bonchev–Trinajstić information content (AvgIpc) is 3.10. The first-order valence-electron chi connectivity index (χ1n) is 7.73. The lowest BCUT2D eigenvalue weighted by atomic mass is 10.0. The van der Waals surface area contributed by atoms with Crippen LogP contribution in [0.2, 0.25) is 0 Å². The number of likely N-dealkylation sites (tertiary alicyclic amines) is 1. The first kappa shape index (κ1) is 16.3. The van der Waals surface area contributed by atoms with Crippen LogP contribution in [-0.2, 0) is 16.0 Å². The highest BCUT2D eigenvalue weighted by molar-refractivity contribution is 5.81. The molecule has 0 aliphatic carbocycles. The Labute approximate surface area is 130 Å². The van der Waals surface area contributed by atoms with Gasteiger partial charge in [-0.05, 0) is 26.7 Å². The standard InChI is InChI=1S/C15H23N3O4/c1-4-12-14(10(3)17-22-12)11-7-6-8-18(11)15(20)16-9-13(19)21-5-2/h11H,4-9H2,1-3H3,(H,16,20)/t11-/m0/s1. The molecule has 0 saturated carbocycles. The zero-order valence-corrected chi connectivity index (χ0v) is 13.3. The van der Waals surface area contributed by atoms with Gasteiger partial charge in [-0.25, -0.2) is 4.79 Å². The molecule has 7 heteroatoms. The van der Waals surface area contributed by atoms with Gasteiger partial charge in [-0.1, -0.05) is 12.1 Å². The van der Waals surface area contributed by atoms with E-state index in [9.17, 15) is 9.59 Å². The molecule has 1 saturated heterocycles.